The number of rotatable bonds is 14. The minimum absolute atomic E-state index is 0.00515. The number of nitrogens with one attached hydrogen (secondary N) is 4. The number of amides is 3. The summed E-state index contributed by atoms with van der Waals surface area (Å²) in [5.41, 5.74) is 2.00. The second-order valence-corrected chi connectivity index (χ2v) is 15.2. The summed E-state index contributed by atoms with van der Waals surface area (Å²) >= 11 is 0. The molecule has 0 radical (unpaired) electrons. The smallest absolute Gasteiger partial charge is 0.408 e. The van der Waals surface area contributed by atoms with Crippen LogP contribution in [0.4, 0.5) is 4.79 Å². The number of fused-ring (bicyclic) bond motifs is 1. The van der Waals surface area contributed by atoms with Crippen molar-refractivity contribution in [2.75, 3.05) is 13.1 Å². The Balaban J connectivity index is 1.02. The second-order valence-electron chi connectivity index (χ2n) is 15.2. The summed E-state index contributed by atoms with van der Waals surface area (Å²) in [5.74, 6) is 0.306. The molecule has 10 heteroatoms. The first kappa shape index (κ1) is 35.3. The topological polar surface area (TPSA) is 139 Å². The summed E-state index contributed by atoms with van der Waals surface area (Å²) < 4.78 is 11.5. The first-order chi connectivity index (χ1) is 25.2. The van der Waals surface area contributed by atoms with Crippen LogP contribution < -0.4 is 16.0 Å². The fraction of sp³-hybridized carbons (Fsp3) is 0.429. The summed E-state index contributed by atoms with van der Waals surface area (Å²) in [6, 6.07) is 26.4. The van der Waals surface area contributed by atoms with Gasteiger partial charge in [0.2, 0.25) is 11.8 Å². The van der Waals surface area contributed by atoms with E-state index in [0.717, 1.165) is 59.5 Å². The SMILES string of the molecule is C[C@](Cc1c[nH]c2ccccc12)(NC(=O)OC1C2CC3CC(C2)CC1C3)C(=O)NC[C@@H](C(=O)NCCC(=O)OCc1ccccc1)c1ccccc1. The van der Waals surface area contributed by atoms with Gasteiger partial charge in [0.05, 0.1) is 12.3 Å². The first-order valence-corrected chi connectivity index (χ1v) is 18.6. The lowest BCUT2D eigenvalue weighted by atomic mass is 9.55. The largest absolute Gasteiger partial charge is 0.461 e. The highest BCUT2D eigenvalue weighted by Gasteiger charge is 2.50. The molecular formula is C42H48N4O6. The van der Waals surface area contributed by atoms with E-state index in [2.05, 4.69) is 20.9 Å². The number of alkyl carbamates (subject to hydrolysis) is 1. The molecule has 0 saturated heterocycles. The van der Waals surface area contributed by atoms with Gasteiger partial charge < -0.3 is 30.4 Å². The first-order valence-electron chi connectivity index (χ1n) is 18.6. The lowest BCUT2D eigenvalue weighted by Gasteiger charge is -2.53. The Morgan fingerprint density at radius 2 is 1.48 bits per heavy atom. The van der Waals surface area contributed by atoms with Gasteiger partial charge in [-0.3, -0.25) is 14.4 Å². The zero-order chi connectivity index (χ0) is 36.1. The second kappa shape index (κ2) is 15.6. The fourth-order valence-electron chi connectivity index (χ4n) is 8.94. The van der Waals surface area contributed by atoms with Crippen molar-refractivity contribution < 1.29 is 28.7 Å². The molecule has 4 N–H and O–H groups in total. The Morgan fingerprint density at radius 3 is 2.19 bits per heavy atom. The van der Waals surface area contributed by atoms with Crippen LogP contribution in [-0.2, 0) is 36.9 Å². The zero-order valence-electron chi connectivity index (χ0n) is 29.6. The van der Waals surface area contributed by atoms with E-state index in [9.17, 15) is 19.2 Å². The normalized spacial score (nSPS) is 23.3. The molecule has 272 valence electrons. The van der Waals surface area contributed by atoms with Crippen LogP contribution in [0.3, 0.4) is 0 Å². The van der Waals surface area contributed by atoms with Crippen LogP contribution in [-0.4, -0.2) is 53.6 Å². The summed E-state index contributed by atoms with van der Waals surface area (Å²) in [4.78, 5) is 57.2. The average molecular weight is 705 g/mol. The van der Waals surface area contributed by atoms with E-state index >= 15 is 0 Å². The third-order valence-electron chi connectivity index (χ3n) is 11.3. The lowest BCUT2D eigenvalue weighted by molar-refractivity contribution is -0.144. The standard InChI is InChI=1S/C42H48N4O6/c1-42(23-33-24-44-36-15-9-8-14-34(33)36,46-41(50)52-38-31-19-28-18-29(21-31)22-32(38)20-28)40(49)45-25-35(30-12-6-3-7-13-30)39(48)43-17-16-37(47)51-26-27-10-4-2-5-11-27/h2-15,24,28-29,31-32,35,38,44H,16-23,25-26H2,1H3,(H,43,48)(H,45,49)(H,46,50)/t28?,29?,31?,32?,35-,38?,42-/m1/s1. The van der Waals surface area contributed by atoms with E-state index in [1.54, 1.807) is 6.92 Å². The fourth-order valence-corrected chi connectivity index (χ4v) is 8.94. The number of benzene rings is 3. The number of ether oxygens (including phenoxy) is 2. The average Bonchev–Trinajstić information content (AvgIpc) is 3.55. The Labute approximate surface area is 304 Å². The Bertz CT molecular complexity index is 1850. The number of carbonyl (C=O) groups excluding carboxylic acids is 4. The van der Waals surface area contributed by atoms with Crippen LogP contribution in [0.1, 0.15) is 68.1 Å². The van der Waals surface area contributed by atoms with Crippen molar-refractivity contribution in [3.05, 3.63) is 108 Å². The number of aromatic amines is 1. The zero-order valence-corrected chi connectivity index (χ0v) is 29.6. The van der Waals surface area contributed by atoms with E-state index in [1.165, 1.54) is 6.42 Å². The van der Waals surface area contributed by atoms with Crippen molar-refractivity contribution >= 4 is 34.8 Å². The monoisotopic (exact) mass is 704 g/mol. The van der Waals surface area contributed by atoms with Crippen LogP contribution in [0.25, 0.3) is 10.9 Å². The molecular weight excluding hydrogens is 656 g/mol. The molecule has 3 aromatic carbocycles. The van der Waals surface area contributed by atoms with Gasteiger partial charge in [-0.1, -0.05) is 78.9 Å². The predicted molar refractivity (Wildman–Crippen MR) is 197 cm³/mol. The summed E-state index contributed by atoms with van der Waals surface area (Å²) in [5, 5.41) is 9.78. The highest BCUT2D eigenvalue weighted by Crippen LogP contribution is 2.54. The molecule has 0 aliphatic heterocycles. The molecule has 1 heterocycles. The number of hydrogen-bond donors (Lipinski definition) is 4. The molecule has 4 bridgehead atoms. The van der Waals surface area contributed by atoms with Crippen LogP contribution in [0.15, 0.2) is 91.1 Å². The third kappa shape index (κ3) is 8.16. The molecule has 1 aromatic heterocycles. The van der Waals surface area contributed by atoms with Gasteiger partial charge >= 0.3 is 12.1 Å². The minimum atomic E-state index is -1.39. The minimum Gasteiger partial charge on any atom is -0.461 e. The quantitative estimate of drug-likeness (QED) is 0.116. The molecule has 4 aromatic rings. The number of aromatic nitrogens is 1. The van der Waals surface area contributed by atoms with Crippen molar-refractivity contribution in [2.45, 2.75) is 76.0 Å². The van der Waals surface area contributed by atoms with Gasteiger partial charge in [-0.05, 0) is 85.5 Å². The van der Waals surface area contributed by atoms with Crippen molar-refractivity contribution in [1.82, 2.24) is 20.9 Å². The maximum Gasteiger partial charge on any atom is 0.408 e. The number of H-pyrrole nitrogens is 1. The van der Waals surface area contributed by atoms with Crippen LogP contribution in [0.5, 0.6) is 0 Å². The maximum absolute atomic E-state index is 14.3. The molecule has 8 rings (SSSR count). The Kier molecular flexibility index (Phi) is 10.6. The molecule has 4 fully saturated rings. The van der Waals surface area contributed by atoms with Gasteiger partial charge in [-0.15, -0.1) is 0 Å². The number of para-hydroxylation sites is 1. The van der Waals surface area contributed by atoms with E-state index in [1.807, 2.05) is 91.1 Å². The van der Waals surface area contributed by atoms with E-state index in [-0.39, 0.29) is 44.5 Å². The van der Waals surface area contributed by atoms with Crippen molar-refractivity contribution in [1.29, 1.82) is 0 Å². The number of esters is 1. The molecule has 52 heavy (non-hydrogen) atoms. The van der Waals surface area contributed by atoms with E-state index in [0.29, 0.717) is 17.4 Å². The van der Waals surface area contributed by atoms with Gasteiger partial charge in [-0.25, -0.2) is 4.79 Å². The van der Waals surface area contributed by atoms with E-state index in [4.69, 9.17) is 9.47 Å². The van der Waals surface area contributed by atoms with Gasteiger partial charge in [-0.2, -0.15) is 0 Å². The molecule has 10 nitrogen and oxygen atoms in total. The third-order valence-corrected chi connectivity index (χ3v) is 11.3. The van der Waals surface area contributed by atoms with Crippen molar-refractivity contribution in [3.63, 3.8) is 0 Å². The molecule has 3 amide bonds. The van der Waals surface area contributed by atoms with Crippen LogP contribution in [0.2, 0.25) is 0 Å². The molecule has 4 saturated carbocycles. The Hall–Kier alpha value is -5.12. The van der Waals surface area contributed by atoms with Crippen molar-refractivity contribution in [2.24, 2.45) is 23.7 Å². The van der Waals surface area contributed by atoms with Gasteiger partial charge in [0, 0.05) is 36.6 Å². The summed E-state index contributed by atoms with van der Waals surface area (Å²) in [6.45, 7) is 1.93. The highest BCUT2D eigenvalue weighted by atomic mass is 16.6. The summed E-state index contributed by atoms with van der Waals surface area (Å²) in [7, 11) is 0. The number of carbonyl (C=O) groups is 4. The molecule has 4 aliphatic carbocycles. The Morgan fingerprint density at radius 1 is 0.827 bits per heavy atom. The van der Waals surface area contributed by atoms with Crippen molar-refractivity contribution in [3.8, 4) is 0 Å². The maximum atomic E-state index is 14.3. The summed E-state index contributed by atoms with van der Waals surface area (Å²) in [6.07, 6.45) is 7.08. The van der Waals surface area contributed by atoms with Crippen LogP contribution in [0, 0.1) is 23.7 Å². The van der Waals surface area contributed by atoms with Gasteiger partial charge in [0.15, 0.2) is 0 Å². The molecule has 2 atom stereocenters. The highest BCUT2D eigenvalue weighted by molar-refractivity contribution is 5.92. The van der Waals surface area contributed by atoms with Gasteiger partial charge in [0.25, 0.3) is 0 Å². The van der Waals surface area contributed by atoms with E-state index < -0.39 is 29.4 Å². The predicted octanol–water partition coefficient (Wildman–Crippen LogP) is 6.17. The molecule has 0 unspecified atom stereocenters. The van der Waals surface area contributed by atoms with Crippen LogP contribution >= 0.6 is 0 Å². The molecule has 0 spiro atoms. The lowest BCUT2D eigenvalue weighted by Crippen LogP contribution is -2.60. The number of hydrogen-bond acceptors (Lipinski definition) is 6. The van der Waals surface area contributed by atoms with Gasteiger partial charge in [0.1, 0.15) is 18.2 Å². The molecule has 4 aliphatic rings.